The van der Waals surface area contributed by atoms with E-state index >= 15 is 0 Å². The van der Waals surface area contributed by atoms with E-state index in [1.54, 1.807) is 24.0 Å². The molecule has 1 aromatic rings. The molecule has 1 aromatic heterocycles. The summed E-state index contributed by atoms with van der Waals surface area (Å²) in [6.07, 6.45) is 3.45. The van der Waals surface area contributed by atoms with Gasteiger partial charge in [-0.15, -0.1) is 0 Å². The fourth-order valence-corrected chi connectivity index (χ4v) is 2.24. The smallest absolute Gasteiger partial charge is 0.398 e. The molecular weight excluding hydrogens is 298 g/mol. The molecule has 0 radical (unpaired) electrons. The zero-order valence-electron chi connectivity index (χ0n) is 14.9. The van der Waals surface area contributed by atoms with Crippen LogP contribution in [0.1, 0.15) is 47.1 Å². The lowest BCUT2D eigenvalue weighted by atomic mass is 9.84. The lowest BCUT2D eigenvalue weighted by Crippen LogP contribution is -2.41. The molecule has 0 amide bonds. The van der Waals surface area contributed by atoms with Crippen LogP contribution >= 0.6 is 0 Å². The molecule has 0 aliphatic carbocycles. The van der Waals surface area contributed by atoms with Crippen LogP contribution in [-0.2, 0) is 20.6 Å². The zero-order valence-corrected chi connectivity index (χ0v) is 14.9. The van der Waals surface area contributed by atoms with Gasteiger partial charge in [-0.3, -0.25) is 4.68 Å². The van der Waals surface area contributed by atoms with Crippen LogP contribution in [0.15, 0.2) is 18.1 Å². The van der Waals surface area contributed by atoms with E-state index in [0.29, 0.717) is 30.9 Å². The summed E-state index contributed by atoms with van der Waals surface area (Å²) in [5, 5.41) is 4.23. The van der Waals surface area contributed by atoms with Crippen molar-refractivity contribution in [2.24, 2.45) is 0 Å². The van der Waals surface area contributed by atoms with Gasteiger partial charge in [0.15, 0.2) is 0 Å². The van der Waals surface area contributed by atoms with Crippen molar-refractivity contribution in [3.05, 3.63) is 23.7 Å². The number of hydrogen-bond donors (Lipinski definition) is 0. The van der Waals surface area contributed by atoms with Crippen molar-refractivity contribution >= 4 is 12.7 Å². The van der Waals surface area contributed by atoms with E-state index in [9.17, 15) is 4.39 Å². The molecule has 1 aliphatic heterocycles. The maximum Gasteiger partial charge on any atom is 0.525 e. The van der Waals surface area contributed by atoms with Crippen LogP contribution in [0.4, 0.5) is 4.39 Å². The van der Waals surface area contributed by atoms with E-state index < -0.39 is 24.0 Å². The topological polar surface area (TPSA) is 45.5 Å². The molecule has 0 spiro atoms. The minimum atomic E-state index is -0.980. The summed E-state index contributed by atoms with van der Waals surface area (Å²) in [6, 6.07) is 0. The highest BCUT2D eigenvalue weighted by Gasteiger charge is 2.53. The fourth-order valence-electron chi connectivity index (χ4n) is 2.24. The first kappa shape index (κ1) is 18.2. The van der Waals surface area contributed by atoms with Gasteiger partial charge in [-0.25, -0.2) is 4.39 Å². The second kappa shape index (κ2) is 6.75. The second-order valence-electron chi connectivity index (χ2n) is 6.75. The molecule has 0 atom stereocenters. The summed E-state index contributed by atoms with van der Waals surface area (Å²) in [4.78, 5) is 0. The number of aromatic nitrogens is 2. The predicted molar refractivity (Wildman–Crippen MR) is 88.5 cm³/mol. The molecule has 23 heavy (non-hydrogen) atoms. The van der Waals surface area contributed by atoms with Crippen LogP contribution in [0.2, 0.25) is 0 Å². The molecule has 0 N–H and O–H groups in total. The standard InChI is InChI=1S/C16H26BFN2O3/c1-7-21-9-8-20-11-13(10-19-20)12(2)14(18)17-22-15(3,4)16(5,6)23-17/h10-11H,7-9H2,1-6H3. The van der Waals surface area contributed by atoms with Crippen LogP contribution in [0.25, 0.3) is 5.57 Å². The fraction of sp³-hybridized carbons (Fsp3) is 0.688. The van der Waals surface area contributed by atoms with Gasteiger partial charge in [0.25, 0.3) is 0 Å². The summed E-state index contributed by atoms with van der Waals surface area (Å²) in [7, 11) is -0.980. The molecule has 0 unspecified atom stereocenters. The maximum atomic E-state index is 14.8. The number of nitrogens with zero attached hydrogens (tertiary/aromatic N) is 2. The molecule has 0 saturated carbocycles. The van der Waals surface area contributed by atoms with Gasteiger partial charge in [0.05, 0.1) is 30.6 Å². The molecule has 0 aromatic carbocycles. The Hall–Kier alpha value is -1.18. The lowest BCUT2D eigenvalue weighted by Gasteiger charge is -2.32. The van der Waals surface area contributed by atoms with Crippen LogP contribution in [0.5, 0.6) is 0 Å². The lowest BCUT2D eigenvalue weighted by molar-refractivity contribution is 0.00578. The second-order valence-corrected chi connectivity index (χ2v) is 6.75. The summed E-state index contributed by atoms with van der Waals surface area (Å²) >= 11 is 0. The number of halogens is 1. The van der Waals surface area contributed by atoms with Crippen LogP contribution < -0.4 is 0 Å². The highest BCUT2D eigenvalue weighted by Crippen LogP contribution is 2.40. The minimum absolute atomic E-state index is 0.409. The number of rotatable bonds is 6. The number of ether oxygens (including phenoxy) is 1. The third kappa shape index (κ3) is 3.84. The largest absolute Gasteiger partial charge is 0.525 e. The van der Waals surface area contributed by atoms with E-state index in [2.05, 4.69) is 5.10 Å². The Morgan fingerprint density at radius 3 is 2.48 bits per heavy atom. The van der Waals surface area contributed by atoms with Crippen LogP contribution in [0.3, 0.4) is 0 Å². The van der Waals surface area contributed by atoms with E-state index in [1.165, 1.54) is 0 Å². The van der Waals surface area contributed by atoms with Crippen molar-refractivity contribution in [1.82, 2.24) is 9.78 Å². The molecule has 2 heterocycles. The van der Waals surface area contributed by atoms with Gasteiger partial charge in [-0.1, -0.05) is 0 Å². The van der Waals surface area contributed by atoms with E-state index in [1.807, 2.05) is 34.6 Å². The Labute approximate surface area is 137 Å². The number of hydrogen-bond acceptors (Lipinski definition) is 4. The quantitative estimate of drug-likeness (QED) is 0.595. The Kier molecular flexibility index (Phi) is 5.33. The Morgan fingerprint density at radius 2 is 1.91 bits per heavy atom. The molecule has 2 rings (SSSR count). The predicted octanol–water partition coefficient (Wildman–Crippen LogP) is 3.25. The van der Waals surface area contributed by atoms with E-state index in [-0.39, 0.29) is 0 Å². The van der Waals surface area contributed by atoms with Gasteiger partial charge in [0, 0.05) is 18.4 Å². The monoisotopic (exact) mass is 324 g/mol. The molecule has 128 valence electrons. The summed E-state index contributed by atoms with van der Waals surface area (Å²) < 4.78 is 33.3. The average molecular weight is 324 g/mol. The molecular formula is C16H26BFN2O3. The van der Waals surface area contributed by atoms with Gasteiger partial charge in [-0.05, 0) is 47.1 Å². The number of allylic oxidation sites excluding steroid dienone is 1. The molecule has 0 bridgehead atoms. The molecule has 7 heteroatoms. The van der Waals surface area contributed by atoms with Gasteiger partial charge >= 0.3 is 7.12 Å². The van der Waals surface area contributed by atoms with E-state index in [4.69, 9.17) is 14.0 Å². The third-order valence-corrected chi connectivity index (χ3v) is 4.55. The SMILES string of the molecule is CCOCCn1cc(C(C)=C(F)B2OC(C)(C)C(C)(C)O2)cn1. The Bertz CT molecular complexity index is 568. The summed E-state index contributed by atoms with van der Waals surface area (Å²) in [5.41, 5.74) is -0.332. The highest BCUT2D eigenvalue weighted by molar-refractivity contribution is 6.55. The zero-order chi connectivity index (χ0) is 17.3. The van der Waals surface area contributed by atoms with Crippen molar-refractivity contribution < 1.29 is 18.4 Å². The molecule has 1 aliphatic rings. The average Bonchev–Trinajstić information content (AvgIpc) is 3.01. The molecule has 1 fully saturated rings. The summed E-state index contributed by atoms with van der Waals surface area (Å²) in [6.45, 7) is 13.2. The van der Waals surface area contributed by atoms with Crippen LogP contribution in [-0.4, -0.2) is 41.3 Å². The first-order valence-electron chi connectivity index (χ1n) is 8.00. The van der Waals surface area contributed by atoms with Crippen molar-refractivity contribution in [1.29, 1.82) is 0 Å². The van der Waals surface area contributed by atoms with Crippen LogP contribution in [0, 0.1) is 0 Å². The Balaban J connectivity index is 2.12. The first-order chi connectivity index (χ1) is 10.7. The van der Waals surface area contributed by atoms with Crippen molar-refractivity contribution in [3.8, 4) is 0 Å². The van der Waals surface area contributed by atoms with Gasteiger partial charge in [0.1, 0.15) is 5.73 Å². The van der Waals surface area contributed by atoms with E-state index in [0.717, 1.165) is 0 Å². The minimum Gasteiger partial charge on any atom is -0.398 e. The van der Waals surface area contributed by atoms with Crippen molar-refractivity contribution in [3.63, 3.8) is 0 Å². The summed E-state index contributed by atoms with van der Waals surface area (Å²) in [5.74, 6) is 0. The molecule has 5 nitrogen and oxygen atoms in total. The third-order valence-electron chi connectivity index (χ3n) is 4.55. The van der Waals surface area contributed by atoms with Gasteiger partial charge < -0.3 is 14.0 Å². The van der Waals surface area contributed by atoms with Crippen molar-refractivity contribution in [2.45, 2.75) is 59.3 Å². The highest BCUT2D eigenvalue weighted by atomic mass is 19.1. The van der Waals surface area contributed by atoms with Gasteiger partial charge in [-0.2, -0.15) is 5.10 Å². The Morgan fingerprint density at radius 1 is 1.30 bits per heavy atom. The van der Waals surface area contributed by atoms with Crippen molar-refractivity contribution in [2.75, 3.05) is 13.2 Å². The normalized spacial score (nSPS) is 20.7. The first-order valence-corrected chi connectivity index (χ1v) is 8.00. The molecule has 1 saturated heterocycles. The maximum absolute atomic E-state index is 14.8. The van der Waals surface area contributed by atoms with Gasteiger partial charge in [0.2, 0.25) is 0 Å².